The molecule has 3 fully saturated rings. The van der Waals surface area contributed by atoms with Crippen molar-refractivity contribution >= 4 is 22.7 Å². The summed E-state index contributed by atoms with van der Waals surface area (Å²) in [5.41, 5.74) is 3.59. The molecule has 4 atom stereocenters. The second kappa shape index (κ2) is 6.86. The van der Waals surface area contributed by atoms with Gasteiger partial charge in [-0.3, -0.25) is 4.79 Å². The molecule has 1 aliphatic carbocycles. The number of nitrogens with two attached hydrogens (primary N) is 1. The van der Waals surface area contributed by atoms with Gasteiger partial charge in [-0.25, -0.2) is 18.0 Å². The van der Waals surface area contributed by atoms with Crippen molar-refractivity contribution in [2.75, 3.05) is 31.1 Å². The van der Waals surface area contributed by atoms with Crippen molar-refractivity contribution < 1.29 is 32.5 Å². The molecule has 2 unspecified atom stereocenters. The minimum Gasteiger partial charge on any atom is -0.449 e. The molecule has 3 N–H and O–H groups in total. The van der Waals surface area contributed by atoms with Gasteiger partial charge in [0.1, 0.15) is 23.3 Å². The molecule has 11 heteroatoms. The monoisotopic (exact) mass is 439 g/mol. The highest BCUT2D eigenvalue weighted by molar-refractivity contribution is 5.86. The standard InChI is InChI=1S/C20H20F3N3O5/c21-11-4-13(11)26-6-14(31-19(28)29)18(27)10-3-12(22)17(15(23)16(10)26)25-5-9-1-2-30-20(9,7-24)8-25/h3,6,9,11,13H,1-2,4-5,7-8,24H2,(H,28,29)/t9?,11-,13+,20?/m0/s1. The second-order valence-electron chi connectivity index (χ2n) is 8.32. The highest BCUT2D eigenvalue weighted by Gasteiger charge is 2.51. The summed E-state index contributed by atoms with van der Waals surface area (Å²) in [6.45, 7) is 1.25. The lowest BCUT2D eigenvalue weighted by atomic mass is 9.91. The Morgan fingerprint density at radius 2 is 2.16 bits per heavy atom. The average molecular weight is 439 g/mol. The molecule has 2 saturated heterocycles. The Morgan fingerprint density at radius 3 is 2.77 bits per heavy atom. The Labute approximate surface area is 173 Å². The van der Waals surface area contributed by atoms with Crippen LogP contribution in [0.4, 0.5) is 23.7 Å². The third kappa shape index (κ3) is 2.98. The molecule has 2 aromatic rings. The van der Waals surface area contributed by atoms with E-state index in [2.05, 4.69) is 4.74 Å². The van der Waals surface area contributed by atoms with E-state index in [4.69, 9.17) is 15.6 Å². The first-order valence-electron chi connectivity index (χ1n) is 9.96. The van der Waals surface area contributed by atoms with Crippen LogP contribution in [0.3, 0.4) is 0 Å². The molecular weight excluding hydrogens is 419 g/mol. The predicted molar refractivity (Wildman–Crippen MR) is 103 cm³/mol. The van der Waals surface area contributed by atoms with Gasteiger partial charge in [-0.2, -0.15) is 0 Å². The number of fused-ring (bicyclic) bond motifs is 2. The minimum absolute atomic E-state index is 0.0131. The molecule has 0 amide bonds. The van der Waals surface area contributed by atoms with Crippen LogP contribution in [0.25, 0.3) is 10.9 Å². The predicted octanol–water partition coefficient (Wildman–Crippen LogP) is 2.17. The molecule has 1 saturated carbocycles. The van der Waals surface area contributed by atoms with E-state index in [1.165, 1.54) is 4.90 Å². The maximum absolute atomic E-state index is 15.7. The number of carboxylic acid groups (broad SMARTS) is 1. The smallest absolute Gasteiger partial charge is 0.449 e. The summed E-state index contributed by atoms with van der Waals surface area (Å²) in [6.07, 6.45) is -1.31. The zero-order valence-corrected chi connectivity index (χ0v) is 16.3. The number of hydrogen-bond donors (Lipinski definition) is 2. The average Bonchev–Trinajstić information content (AvgIpc) is 3.14. The first-order chi connectivity index (χ1) is 14.8. The van der Waals surface area contributed by atoms with Crippen LogP contribution in [0.15, 0.2) is 17.1 Å². The van der Waals surface area contributed by atoms with E-state index < -0.39 is 52.2 Å². The maximum atomic E-state index is 15.7. The summed E-state index contributed by atoms with van der Waals surface area (Å²) in [7, 11) is 0. The Hall–Kier alpha value is -2.79. The summed E-state index contributed by atoms with van der Waals surface area (Å²) in [5.74, 6) is -2.63. The van der Waals surface area contributed by atoms with Crippen LogP contribution in [0.1, 0.15) is 18.9 Å². The van der Waals surface area contributed by atoms with Crippen LogP contribution in [-0.2, 0) is 4.74 Å². The molecular formula is C20H20F3N3O5. The second-order valence-corrected chi connectivity index (χ2v) is 8.32. The van der Waals surface area contributed by atoms with E-state index >= 15 is 8.78 Å². The fourth-order valence-electron chi connectivity index (χ4n) is 4.90. The van der Waals surface area contributed by atoms with Crippen molar-refractivity contribution in [2.24, 2.45) is 11.7 Å². The van der Waals surface area contributed by atoms with Crippen molar-refractivity contribution in [3.05, 3.63) is 34.1 Å². The third-order valence-corrected chi connectivity index (χ3v) is 6.55. The molecule has 3 aliphatic rings. The molecule has 3 heterocycles. The Kier molecular flexibility index (Phi) is 4.45. The van der Waals surface area contributed by atoms with E-state index in [9.17, 15) is 14.0 Å². The molecule has 2 aliphatic heterocycles. The van der Waals surface area contributed by atoms with E-state index in [1.807, 2.05) is 0 Å². The van der Waals surface area contributed by atoms with E-state index in [0.29, 0.717) is 13.2 Å². The van der Waals surface area contributed by atoms with Gasteiger partial charge in [-0.1, -0.05) is 0 Å². The zero-order chi connectivity index (χ0) is 22.1. The van der Waals surface area contributed by atoms with Gasteiger partial charge in [0.15, 0.2) is 11.6 Å². The third-order valence-electron chi connectivity index (χ3n) is 6.55. The van der Waals surface area contributed by atoms with Gasteiger partial charge >= 0.3 is 6.16 Å². The number of alkyl halides is 1. The topological polar surface area (TPSA) is 107 Å². The number of halogens is 3. The molecule has 0 spiro atoms. The maximum Gasteiger partial charge on any atom is 0.511 e. The molecule has 1 aromatic heterocycles. The van der Waals surface area contributed by atoms with E-state index in [1.54, 1.807) is 0 Å². The number of carbonyl (C=O) groups is 1. The van der Waals surface area contributed by atoms with E-state index in [0.717, 1.165) is 23.3 Å². The Bertz CT molecular complexity index is 1160. The lowest BCUT2D eigenvalue weighted by Gasteiger charge is -2.27. The van der Waals surface area contributed by atoms with Crippen LogP contribution in [0.5, 0.6) is 5.75 Å². The van der Waals surface area contributed by atoms with E-state index in [-0.39, 0.29) is 36.6 Å². The van der Waals surface area contributed by atoms with Crippen molar-refractivity contribution in [3.63, 3.8) is 0 Å². The van der Waals surface area contributed by atoms with Gasteiger partial charge in [0.05, 0.1) is 23.1 Å². The lowest BCUT2D eigenvalue weighted by Crippen LogP contribution is -2.44. The summed E-state index contributed by atoms with van der Waals surface area (Å²) < 4.78 is 56.1. The summed E-state index contributed by atoms with van der Waals surface area (Å²) in [4.78, 5) is 25.1. The number of aromatic nitrogens is 1. The number of anilines is 1. The van der Waals surface area contributed by atoms with Gasteiger partial charge in [0.25, 0.3) is 0 Å². The van der Waals surface area contributed by atoms with Crippen molar-refractivity contribution in [1.29, 1.82) is 0 Å². The fraction of sp³-hybridized carbons (Fsp3) is 0.500. The minimum atomic E-state index is -1.76. The Balaban J connectivity index is 1.68. The van der Waals surface area contributed by atoms with Gasteiger partial charge < -0.3 is 29.8 Å². The summed E-state index contributed by atoms with van der Waals surface area (Å²) in [5, 5.41) is 8.45. The zero-order valence-electron chi connectivity index (χ0n) is 16.3. The van der Waals surface area contributed by atoms with Gasteiger partial charge in [-0.15, -0.1) is 0 Å². The normalized spacial score (nSPS) is 29.4. The first-order valence-corrected chi connectivity index (χ1v) is 9.96. The van der Waals surface area contributed by atoms with Crippen molar-refractivity contribution in [1.82, 2.24) is 4.57 Å². The number of nitrogens with zero attached hydrogens (tertiary/aromatic N) is 2. The number of pyridine rings is 1. The molecule has 166 valence electrons. The van der Waals surface area contributed by atoms with Crippen LogP contribution >= 0.6 is 0 Å². The molecule has 5 rings (SSSR count). The SMILES string of the molecule is NCC12CN(c3c(F)cc4c(=O)c(OC(=O)O)cn([C@@H]5C[C@@H]5F)c4c3F)CC1CCO2. The summed E-state index contributed by atoms with van der Waals surface area (Å²) >= 11 is 0. The number of ether oxygens (including phenoxy) is 2. The van der Waals surface area contributed by atoms with Crippen LogP contribution in [-0.4, -0.2) is 53.8 Å². The molecule has 1 aromatic carbocycles. The van der Waals surface area contributed by atoms with Crippen LogP contribution in [0.2, 0.25) is 0 Å². The number of hydrogen-bond acceptors (Lipinski definition) is 6. The number of rotatable bonds is 4. The molecule has 8 nitrogen and oxygen atoms in total. The highest BCUT2D eigenvalue weighted by Crippen LogP contribution is 2.45. The molecule has 0 bridgehead atoms. The molecule has 31 heavy (non-hydrogen) atoms. The highest BCUT2D eigenvalue weighted by atomic mass is 19.1. The van der Waals surface area contributed by atoms with Gasteiger partial charge in [-0.05, 0) is 12.5 Å². The van der Waals surface area contributed by atoms with Gasteiger partial charge in [0, 0.05) is 38.6 Å². The lowest BCUT2D eigenvalue weighted by molar-refractivity contribution is 0.0126. The first kappa shape index (κ1) is 20.1. The summed E-state index contributed by atoms with van der Waals surface area (Å²) in [6, 6.07) is 0.0461. The largest absolute Gasteiger partial charge is 0.511 e. The van der Waals surface area contributed by atoms with Crippen LogP contribution < -0.4 is 20.8 Å². The van der Waals surface area contributed by atoms with Gasteiger partial charge in [0.2, 0.25) is 5.43 Å². The number of benzene rings is 1. The van der Waals surface area contributed by atoms with Crippen LogP contribution in [0, 0.1) is 17.6 Å². The molecule has 0 radical (unpaired) electrons. The Morgan fingerprint density at radius 1 is 1.42 bits per heavy atom. The quantitative estimate of drug-likeness (QED) is 0.704. The fourth-order valence-corrected chi connectivity index (χ4v) is 4.90. The van der Waals surface area contributed by atoms with Crippen molar-refractivity contribution in [3.8, 4) is 5.75 Å². The van der Waals surface area contributed by atoms with Crippen molar-refractivity contribution in [2.45, 2.75) is 30.7 Å².